The van der Waals surface area contributed by atoms with Crippen LogP contribution < -0.4 is 5.73 Å². The average molecular weight is 169 g/mol. The summed E-state index contributed by atoms with van der Waals surface area (Å²) >= 11 is 0. The predicted molar refractivity (Wildman–Crippen MR) is 53.9 cm³/mol. The van der Waals surface area contributed by atoms with E-state index in [4.69, 9.17) is 5.73 Å². The van der Waals surface area contributed by atoms with Crippen LogP contribution in [0.1, 0.15) is 13.8 Å². The molecule has 0 saturated carbocycles. The first-order valence-electron chi connectivity index (χ1n) is 4.11. The zero-order chi connectivity index (χ0) is 9.07. The molecule has 0 aromatic carbocycles. The van der Waals surface area contributed by atoms with Crippen LogP contribution in [0.3, 0.4) is 0 Å². The van der Waals surface area contributed by atoms with Gasteiger partial charge in [0.1, 0.15) is 8.07 Å². The van der Waals surface area contributed by atoms with Crippen molar-refractivity contribution in [1.29, 1.82) is 0 Å². The molecule has 0 fully saturated rings. The van der Waals surface area contributed by atoms with Crippen LogP contribution in [0.25, 0.3) is 0 Å². The van der Waals surface area contributed by atoms with Gasteiger partial charge in [-0.05, 0) is 5.92 Å². The van der Waals surface area contributed by atoms with Crippen LogP contribution >= 0.6 is 0 Å². The molecule has 1 nitrogen and oxygen atoms in total. The van der Waals surface area contributed by atoms with Crippen molar-refractivity contribution in [3.05, 3.63) is 0 Å². The maximum atomic E-state index is 5.77. The minimum absolute atomic E-state index is 0.0572. The van der Waals surface area contributed by atoms with Gasteiger partial charge in [0.2, 0.25) is 0 Å². The number of rotatable bonds is 1. The average Bonchev–Trinajstić information content (AvgIpc) is 1.80. The lowest BCUT2D eigenvalue weighted by molar-refractivity contribution is 0.585. The lowest BCUT2D eigenvalue weighted by atomic mass is 10.1. The molecule has 1 atom stereocenters. The molecular formula is C9H19NSi. The SMILES string of the molecule is CC(C)[C@@H](N)C#C[Si](C)(C)C. The van der Waals surface area contributed by atoms with Gasteiger partial charge in [-0.2, -0.15) is 0 Å². The van der Waals surface area contributed by atoms with Crippen molar-refractivity contribution in [3.63, 3.8) is 0 Å². The summed E-state index contributed by atoms with van der Waals surface area (Å²) < 4.78 is 0. The molecular weight excluding hydrogens is 150 g/mol. The highest BCUT2D eigenvalue weighted by molar-refractivity contribution is 6.83. The fourth-order valence-corrected chi connectivity index (χ4v) is 1.07. The van der Waals surface area contributed by atoms with Crippen molar-refractivity contribution in [1.82, 2.24) is 0 Å². The first kappa shape index (κ1) is 10.7. The van der Waals surface area contributed by atoms with Gasteiger partial charge < -0.3 is 5.73 Å². The van der Waals surface area contributed by atoms with E-state index < -0.39 is 8.07 Å². The topological polar surface area (TPSA) is 26.0 Å². The fourth-order valence-electron chi connectivity index (χ4n) is 0.467. The third-order valence-corrected chi connectivity index (χ3v) is 2.23. The maximum Gasteiger partial charge on any atom is 0.129 e. The Morgan fingerprint density at radius 2 is 1.64 bits per heavy atom. The molecule has 2 N–H and O–H groups in total. The van der Waals surface area contributed by atoms with Gasteiger partial charge >= 0.3 is 0 Å². The third kappa shape index (κ3) is 6.15. The Kier molecular flexibility index (Phi) is 3.84. The van der Waals surface area contributed by atoms with Crippen LogP contribution in [0.5, 0.6) is 0 Å². The van der Waals surface area contributed by atoms with Crippen molar-refractivity contribution >= 4 is 8.07 Å². The van der Waals surface area contributed by atoms with Gasteiger partial charge in [0, 0.05) is 0 Å². The Labute approximate surface area is 71.4 Å². The summed E-state index contributed by atoms with van der Waals surface area (Å²) in [5, 5.41) is 0. The molecule has 0 aliphatic carbocycles. The molecule has 64 valence electrons. The van der Waals surface area contributed by atoms with Crippen LogP contribution in [0.15, 0.2) is 0 Å². The van der Waals surface area contributed by atoms with E-state index in [0.717, 1.165) is 0 Å². The smallest absolute Gasteiger partial charge is 0.129 e. The van der Waals surface area contributed by atoms with E-state index in [2.05, 4.69) is 45.0 Å². The van der Waals surface area contributed by atoms with Gasteiger partial charge in [-0.25, -0.2) is 0 Å². The summed E-state index contributed by atoms with van der Waals surface area (Å²) in [7, 11) is -1.21. The van der Waals surface area contributed by atoms with E-state index in [1.807, 2.05) is 0 Å². The quantitative estimate of drug-likeness (QED) is 0.470. The Morgan fingerprint density at radius 3 is 1.91 bits per heavy atom. The zero-order valence-corrected chi connectivity index (χ0v) is 9.23. The molecule has 0 spiro atoms. The molecule has 0 rings (SSSR count). The van der Waals surface area contributed by atoms with Crippen LogP contribution in [0, 0.1) is 17.4 Å². The van der Waals surface area contributed by atoms with Crippen molar-refractivity contribution < 1.29 is 0 Å². The first-order valence-corrected chi connectivity index (χ1v) is 7.61. The zero-order valence-electron chi connectivity index (χ0n) is 8.23. The first-order chi connectivity index (χ1) is 4.83. The fraction of sp³-hybridized carbons (Fsp3) is 0.778. The predicted octanol–water partition coefficient (Wildman–Crippen LogP) is 1.85. The normalized spacial score (nSPS) is 14.1. The van der Waals surface area contributed by atoms with Gasteiger partial charge in [-0.1, -0.05) is 39.4 Å². The standard InChI is InChI=1S/C9H19NSi/c1-8(2)9(10)6-7-11(3,4)5/h8-9H,10H2,1-5H3/t9-/m0/s1. The summed E-state index contributed by atoms with van der Waals surface area (Å²) in [5.41, 5.74) is 9.04. The highest BCUT2D eigenvalue weighted by atomic mass is 28.3. The Morgan fingerprint density at radius 1 is 1.18 bits per heavy atom. The van der Waals surface area contributed by atoms with Crippen molar-refractivity contribution in [2.24, 2.45) is 11.7 Å². The van der Waals surface area contributed by atoms with E-state index in [1.54, 1.807) is 0 Å². The van der Waals surface area contributed by atoms with Crippen LogP contribution in [-0.4, -0.2) is 14.1 Å². The Bertz CT molecular complexity index is 168. The maximum absolute atomic E-state index is 5.77. The minimum atomic E-state index is -1.21. The van der Waals surface area contributed by atoms with Crippen LogP contribution in [0.4, 0.5) is 0 Å². The van der Waals surface area contributed by atoms with E-state index >= 15 is 0 Å². The second kappa shape index (κ2) is 3.94. The summed E-state index contributed by atoms with van der Waals surface area (Å²) in [6, 6.07) is 0.0572. The number of hydrogen-bond acceptors (Lipinski definition) is 1. The molecule has 0 amide bonds. The number of nitrogens with two attached hydrogens (primary N) is 1. The molecule has 0 aliphatic heterocycles. The van der Waals surface area contributed by atoms with Crippen LogP contribution in [-0.2, 0) is 0 Å². The highest BCUT2D eigenvalue weighted by Gasteiger charge is 2.09. The molecule has 0 aliphatic rings. The van der Waals surface area contributed by atoms with Crippen molar-refractivity contribution in [2.45, 2.75) is 39.5 Å². The van der Waals surface area contributed by atoms with Crippen molar-refractivity contribution in [3.8, 4) is 11.5 Å². The molecule has 11 heavy (non-hydrogen) atoms. The summed E-state index contributed by atoms with van der Waals surface area (Å²) in [6.07, 6.45) is 0. The Balaban J connectivity index is 4.08. The summed E-state index contributed by atoms with van der Waals surface area (Å²) in [6.45, 7) is 10.9. The van der Waals surface area contributed by atoms with E-state index in [0.29, 0.717) is 5.92 Å². The lowest BCUT2D eigenvalue weighted by Crippen LogP contribution is -2.26. The van der Waals surface area contributed by atoms with Gasteiger partial charge in [-0.15, -0.1) is 5.54 Å². The molecule has 0 bridgehead atoms. The van der Waals surface area contributed by atoms with E-state index in [-0.39, 0.29) is 6.04 Å². The minimum Gasteiger partial charge on any atom is -0.318 e. The summed E-state index contributed by atoms with van der Waals surface area (Å²) in [5.74, 6) is 3.58. The van der Waals surface area contributed by atoms with Gasteiger partial charge in [-0.3, -0.25) is 0 Å². The van der Waals surface area contributed by atoms with Gasteiger partial charge in [0.15, 0.2) is 0 Å². The number of hydrogen-bond donors (Lipinski definition) is 1. The molecule has 0 saturated heterocycles. The van der Waals surface area contributed by atoms with E-state index in [9.17, 15) is 0 Å². The second-order valence-corrected chi connectivity index (χ2v) is 9.04. The molecule has 0 unspecified atom stereocenters. The Hall–Kier alpha value is -0.263. The third-order valence-electron chi connectivity index (χ3n) is 1.33. The monoisotopic (exact) mass is 169 g/mol. The van der Waals surface area contributed by atoms with Gasteiger partial charge in [0.05, 0.1) is 6.04 Å². The molecule has 0 aromatic heterocycles. The molecule has 0 heterocycles. The molecule has 2 heteroatoms. The van der Waals surface area contributed by atoms with Crippen LogP contribution in [0.2, 0.25) is 19.6 Å². The molecule has 0 radical (unpaired) electrons. The lowest BCUT2D eigenvalue weighted by Gasteiger charge is -2.09. The molecule has 0 aromatic rings. The highest BCUT2D eigenvalue weighted by Crippen LogP contribution is 1.99. The van der Waals surface area contributed by atoms with Gasteiger partial charge in [0.25, 0.3) is 0 Å². The summed E-state index contributed by atoms with van der Waals surface area (Å²) in [4.78, 5) is 0. The largest absolute Gasteiger partial charge is 0.318 e. The second-order valence-electron chi connectivity index (χ2n) is 4.29. The van der Waals surface area contributed by atoms with Crippen molar-refractivity contribution in [2.75, 3.05) is 0 Å². The van der Waals surface area contributed by atoms with E-state index in [1.165, 1.54) is 0 Å².